The van der Waals surface area contributed by atoms with Gasteiger partial charge in [0.15, 0.2) is 0 Å². The molecule has 18 nitrogen and oxygen atoms in total. The average molecular weight is 899 g/mol. The largest absolute Gasteiger partial charge is 0.378 e. The van der Waals surface area contributed by atoms with Gasteiger partial charge in [0.1, 0.15) is 11.4 Å². The van der Waals surface area contributed by atoms with Crippen molar-refractivity contribution in [2.45, 2.75) is 43.7 Å². The Kier molecular flexibility index (Phi) is 21.0. The quantitative estimate of drug-likeness (QED) is 0.0702. The molecule has 0 bridgehead atoms. The Hall–Kier alpha value is -3.15. The van der Waals surface area contributed by atoms with Crippen LogP contribution in [0.4, 0.5) is 0 Å². The molecule has 0 fully saturated rings. The van der Waals surface area contributed by atoms with Crippen LogP contribution in [0.2, 0.25) is 10.0 Å². The van der Waals surface area contributed by atoms with E-state index in [1.165, 1.54) is 0 Å². The SMILES string of the molecule is CNCCOCCOCCOCCn1cc(COCc2cn(CCOCCOCCOCCNS(=O)(=O)c3cccc(C4CN(C)Cc5c(Cl)cc(Cl)cc54)c3)nn2)nn1. The Bertz CT molecular complexity index is 1960. The number of halogens is 2. The Morgan fingerprint density at radius 3 is 1.85 bits per heavy atom. The van der Waals surface area contributed by atoms with E-state index in [1.807, 2.05) is 38.6 Å². The fourth-order valence-corrected chi connectivity index (χ4v) is 7.86. The lowest BCUT2D eigenvalue weighted by molar-refractivity contribution is 0.0134. The maximum Gasteiger partial charge on any atom is 0.240 e. The molecule has 2 N–H and O–H groups in total. The molecule has 5 rings (SSSR count). The van der Waals surface area contributed by atoms with Gasteiger partial charge in [-0.05, 0) is 55.1 Å². The monoisotopic (exact) mass is 897 g/mol. The standard InChI is InChI=1S/C39H57Cl2N9O9S/c1-42-6-10-53-14-18-57-20-16-55-12-8-49-25-33(44-46-49)29-59-30-34-26-50(47-45-34)9-13-56-17-21-58-19-15-54-11-7-43-60(51,52)35-5-3-4-31(22-35)37-27-48(2)28-38-36(37)23-32(40)24-39(38)41/h3-5,22-26,37,42-43H,6-21,27-30H2,1-2H3. The third kappa shape index (κ3) is 16.6. The van der Waals surface area contributed by atoms with Gasteiger partial charge in [-0.3, -0.25) is 0 Å². The van der Waals surface area contributed by atoms with Gasteiger partial charge in [0, 0.05) is 42.1 Å². The van der Waals surface area contributed by atoms with E-state index in [0.717, 1.165) is 23.2 Å². The molecular weight excluding hydrogens is 841 g/mol. The van der Waals surface area contributed by atoms with Crippen LogP contribution >= 0.6 is 23.2 Å². The molecule has 60 heavy (non-hydrogen) atoms. The van der Waals surface area contributed by atoms with Crippen molar-refractivity contribution < 1.29 is 41.6 Å². The van der Waals surface area contributed by atoms with Crippen molar-refractivity contribution in [1.82, 2.24) is 44.9 Å². The van der Waals surface area contributed by atoms with Crippen molar-refractivity contribution in [3.05, 3.63) is 86.9 Å². The van der Waals surface area contributed by atoms with Crippen LogP contribution in [-0.2, 0) is 76.0 Å². The molecule has 21 heteroatoms. The van der Waals surface area contributed by atoms with E-state index in [9.17, 15) is 8.42 Å². The Morgan fingerprint density at radius 2 is 1.27 bits per heavy atom. The fourth-order valence-electron chi connectivity index (χ4n) is 6.22. The van der Waals surface area contributed by atoms with Crippen LogP contribution in [0.3, 0.4) is 0 Å². The van der Waals surface area contributed by atoms with Crippen LogP contribution in [0.5, 0.6) is 0 Å². The molecule has 0 aliphatic carbocycles. The van der Waals surface area contributed by atoms with Crippen LogP contribution < -0.4 is 10.0 Å². The van der Waals surface area contributed by atoms with Gasteiger partial charge in [-0.15, -0.1) is 10.2 Å². The van der Waals surface area contributed by atoms with Gasteiger partial charge in [-0.1, -0.05) is 45.8 Å². The lowest BCUT2D eigenvalue weighted by atomic mass is 9.85. The topological polar surface area (TPSA) is 187 Å². The Labute approximate surface area is 362 Å². The van der Waals surface area contributed by atoms with Gasteiger partial charge >= 0.3 is 0 Å². The minimum absolute atomic E-state index is 0.0697. The van der Waals surface area contributed by atoms with E-state index in [4.69, 9.17) is 56.4 Å². The van der Waals surface area contributed by atoms with Gasteiger partial charge in [0.2, 0.25) is 10.0 Å². The number of hydrogen-bond acceptors (Lipinski definition) is 15. The molecule has 1 aliphatic heterocycles. The van der Waals surface area contributed by atoms with Crippen molar-refractivity contribution in [1.29, 1.82) is 0 Å². The first-order valence-corrected chi connectivity index (χ1v) is 22.2. The number of hydrogen-bond donors (Lipinski definition) is 2. The van der Waals surface area contributed by atoms with Crippen molar-refractivity contribution in [2.24, 2.45) is 0 Å². The highest BCUT2D eigenvalue weighted by Crippen LogP contribution is 2.38. The molecule has 0 saturated heterocycles. The summed E-state index contributed by atoms with van der Waals surface area (Å²) < 4.78 is 71.3. The van der Waals surface area contributed by atoms with E-state index < -0.39 is 10.0 Å². The summed E-state index contributed by atoms with van der Waals surface area (Å²) in [6, 6.07) is 10.7. The van der Waals surface area contributed by atoms with Crippen LogP contribution in [0.1, 0.15) is 34.0 Å². The highest BCUT2D eigenvalue weighted by atomic mass is 35.5. The molecule has 0 radical (unpaired) electrons. The van der Waals surface area contributed by atoms with Crippen molar-refractivity contribution in [2.75, 3.05) is 113 Å². The number of nitrogens with zero attached hydrogens (tertiary/aromatic N) is 7. The molecular formula is C39H57Cl2N9O9S. The molecule has 2 aromatic heterocycles. The van der Waals surface area contributed by atoms with Crippen LogP contribution in [0, 0.1) is 0 Å². The van der Waals surface area contributed by atoms with Crippen LogP contribution in [0.15, 0.2) is 53.7 Å². The minimum Gasteiger partial charge on any atom is -0.378 e. The van der Waals surface area contributed by atoms with E-state index in [0.29, 0.717) is 127 Å². The first-order valence-electron chi connectivity index (χ1n) is 19.9. The predicted molar refractivity (Wildman–Crippen MR) is 224 cm³/mol. The summed E-state index contributed by atoms with van der Waals surface area (Å²) in [5.74, 6) is -0.0697. The average Bonchev–Trinajstić information content (AvgIpc) is 3.89. The molecule has 1 aliphatic rings. The van der Waals surface area contributed by atoms with E-state index in [-0.39, 0.29) is 30.6 Å². The third-order valence-electron chi connectivity index (χ3n) is 9.19. The zero-order valence-corrected chi connectivity index (χ0v) is 36.6. The summed E-state index contributed by atoms with van der Waals surface area (Å²) >= 11 is 12.8. The van der Waals surface area contributed by atoms with Crippen molar-refractivity contribution in [3.63, 3.8) is 0 Å². The number of sulfonamides is 1. The van der Waals surface area contributed by atoms with Crippen molar-refractivity contribution >= 4 is 33.2 Å². The van der Waals surface area contributed by atoms with Gasteiger partial charge in [0.25, 0.3) is 0 Å². The van der Waals surface area contributed by atoms with Gasteiger partial charge in [-0.2, -0.15) is 0 Å². The van der Waals surface area contributed by atoms with Gasteiger partial charge in [0.05, 0.1) is 123 Å². The number of fused-ring (bicyclic) bond motifs is 1. The predicted octanol–water partition coefficient (Wildman–Crippen LogP) is 2.77. The number of benzene rings is 2. The zero-order chi connectivity index (χ0) is 42.4. The second kappa shape index (κ2) is 26.4. The van der Waals surface area contributed by atoms with Gasteiger partial charge < -0.3 is 43.4 Å². The van der Waals surface area contributed by atoms with Crippen molar-refractivity contribution in [3.8, 4) is 0 Å². The molecule has 0 saturated carbocycles. The maximum absolute atomic E-state index is 13.1. The number of ether oxygens (including phenoxy) is 7. The third-order valence-corrected chi connectivity index (χ3v) is 11.2. The Morgan fingerprint density at radius 1 is 0.717 bits per heavy atom. The normalized spacial score (nSPS) is 14.6. The summed E-state index contributed by atoms with van der Waals surface area (Å²) in [5, 5.41) is 20.7. The number of likely N-dealkylation sites (N-methyl/N-ethyl adjacent to an activating group) is 2. The maximum atomic E-state index is 13.1. The second-order valence-corrected chi connectivity index (χ2v) is 16.5. The summed E-state index contributed by atoms with van der Waals surface area (Å²) in [6.07, 6.45) is 3.64. The minimum atomic E-state index is -3.75. The lowest BCUT2D eigenvalue weighted by Gasteiger charge is -2.33. The van der Waals surface area contributed by atoms with E-state index in [2.05, 4.69) is 35.6 Å². The van der Waals surface area contributed by atoms with Crippen LogP contribution in [-0.4, -0.2) is 156 Å². The Balaban J connectivity index is 0.847. The molecule has 1 unspecified atom stereocenters. The lowest BCUT2D eigenvalue weighted by Crippen LogP contribution is -2.31. The highest BCUT2D eigenvalue weighted by molar-refractivity contribution is 7.89. The highest BCUT2D eigenvalue weighted by Gasteiger charge is 2.28. The smallest absolute Gasteiger partial charge is 0.240 e. The zero-order valence-electron chi connectivity index (χ0n) is 34.3. The molecule has 0 spiro atoms. The first-order chi connectivity index (χ1) is 29.2. The number of nitrogens with one attached hydrogen (secondary N) is 2. The van der Waals surface area contributed by atoms with E-state index >= 15 is 0 Å². The molecule has 2 aromatic carbocycles. The number of aromatic nitrogens is 6. The summed E-state index contributed by atoms with van der Waals surface area (Å²) in [7, 11) is 0.150. The summed E-state index contributed by atoms with van der Waals surface area (Å²) in [6.45, 7) is 9.44. The summed E-state index contributed by atoms with van der Waals surface area (Å²) in [4.78, 5) is 2.35. The molecule has 4 aromatic rings. The molecule has 332 valence electrons. The molecule has 1 atom stereocenters. The fraction of sp³-hybridized carbons (Fsp3) is 0.590. The molecule has 3 heterocycles. The molecule has 0 amide bonds. The summed E-state index contributed by atoms with van der Waals surface area (Å²) in [5.41, 5.74) is 4.30. The number of rotatable bonds is 31. The van der Waals surface area contributed by atoms with Gasteiger partial charge in [-0.25, -0.2) is 22.5 Å². The first kappa shape index (κ1) is 47.9. The van der Waals surface area contributed by atoms with E-state index in [1.54, 1.807) is 33.6 Å². The second-order valence-electron chi connectivity index (χ2n) is 13.9. The van der Waals surface area contributed by atoms with Crippen LogP contribution in [0.25, 0.3) is 0 Å².